The summed E-state index contributed by atoms with van der Waals surface area (Å²) in [6.45, 7) is 4.37. The van der Waals surface area contributed by atoms with Crippen LogP contribution in [0.5, 0.6) is 5.75 Å². The lowest BCUT2D eigenvalue weighted by molar-refractivity contribution is -0.208. The molecule has 1 fully saturated rings. The number of hydrogen-bond donors (Lipinski definition) is 3. The molecule has 1 aliphatic rings. The molecule has 0 saturated heterocycles. The first-order valence-electron chi connectivity index (χ1n) is 24.6. The first kappa shape index (κ1) is 55.0. The molecular formula is C56H62N4O14. The van der Waals surface area contributed by atoms with E-state index >= 15 is 0 Å². The first-order valence-corrected chi connectivity index (χ1v) is 24.6. The van der Waals surface area contributed by atoms with E-state index in [0.29, 0.717) is 55.2 Å². The van der Waals surface area contributed by atoms with Gasteiger partial charge in [0.15, 0.2) is 12.4 Å². The van der Waals surface area contributed by atoms with Gasteiger partial charge in [0.1, 0.15) is 37.4 Å². The molecule has 0 spiro atoms. The van der Waals surface area contributed by atoms with Gasteiger partial charge in [0, 0.05) is 5.56 Å². The van der Waals surface area contributed by atoms with Gasteiger partial charge >= 0.3 is 23.9 Å². The quantitative estimate of drug-likeness (QED) is 0.0105. The maximum Gasteiger partial charge on any atom is 0.344 e. The van der Waals surface area contributed by atoms with Crippen LogP contribution in [0.1, 0.15) is 110 Å². The molecule has 6 rings (SSSR count). The summed E-state index contributed by atoms with van der Waals surface area (Å²) >= 11 is 0. The van der Waals surface area contributed by atoms with Gasteiger partial charge in [-0.1, -0.05) is 130 Å². The summed E-state index contributed by atoms with van der Waals surface area (Å²) in [5, 5.41) is 8.84. The largest absolute Gasteiger partial charge is 0.481 e. The highest BCUT2D eigenvalue weighted by atomic mass is 16.7. The van der Waals surface area contributed by atoms with Crippen molar-refractivity contribution in [1.82, 2.24) is 21.0 Å². The average Bonchev–Trinajstić information content (AvgIpc) is 3.98. The number of nitrogens with one attached hydrogen (secondary N) is 3. The van der Waals surface area contributed by atoms with Gasteiger partial charge in [0.2, 0.25) is 12.3 Å². The van der Waals surface area contributed by atoms with E-state index in [-0.39, 0.29) is 49.3 Å². The standard InChI is InChI=1S/C56H62N4O14/c1-4-6-10-23-42(45(5-2)60(37-61)74-55(68)56(3)28-29-56)51(64)57-36-58-53(66)47-27-26-46(73-47)41-24-25-43(48(30-41)69-35-50(63)71-33-39-19-13-8-14-20-39)52(65)59-44(54(67)72-34-40-21-15-9-16-22-40)31-49(62)70-32-38-17-11-7-12-18-38/h7-9,11-22,24-27,30,37,42,44-45H,4-6,10,23,28-29,31-36H2,1-3H3,(H,57,64)(H,58,66)(H,59,65)/t42-,44+,45-/m1/s1. The Labute approximate surface area is 429 Å². The molecule has 1 aromatic heterocycles. The number of amides is 4. The Hall–Kier alpha value is -8.28. The molecule has 1 aliphatic carbocycles. The van der Waals surface area contributed by atoms with Crippen molar-refractivity contribution in [2.24, 2.45) is 11.3 Å². The van der Waals surface area contributed by atoms with Crippen molar-refractivity contribution in [2.45, 2.75) is 104 Å². The summed E-state index contributed by atoms with van der Waals surface area (Å²) in [5.41, 5.74) is 1.62. The second-order valence-corrected chi connectivity index (χ2v) is 18.0. The van der Waals surface area contributed by atoms with Crippen LogP contribution in [0.25, 0.3) is 11.3 Å². The summed E-state index contributed by atoms with van der Waals surface area (Å²) in [6, 6.07) is 31.6. The predicted octanol–water partition coefficient (Wildman–Crippen LogP) is 7.54. The smallest absolute Gasteiger partial charge is 0.344 e. The average molecular weight is 1020 g/mol. The molecule has 1 heterocycles. The number of benzene rings is 4. The Bertz CT molecular complexity index is 2690. The third-order valence-electron chi connectivity index (χ3n) is 12.3. The fourth-order valence-corrected chi connectivity index (χ4v) is 7.69. The van der Waals surface area contributed by atoms with Gasteiger partial charge in [-0.2, -0.15) is 5.06 Å². The van der Waals surface area contributed by atoms with Crippen molar-refractivity contribution >= 4 is 48.0 Å². The summed E-state index contributed by atoms with van der Waals surface area (Å²) in [5.74, 6) is -5.88. The monoisotopic (exact) mass is 1010 g/mol. The second kappa shape index (κ2) is 27.5. The van der Waals surface area contributed by atoms with Gasteiger partial charge in [-0.25, -0.2) is 14.4 Å². The summed E-state index contributed by atoms with van der Waals surface area (Å²) < 4.78 is 28.2. The number of furan rings is 1. The number of rotatable bonds is 29. The van der Waals surface area contributed by atoms with Crippen molar-refractivity contribution in [3.8, 4) is 17.1 Å². The van der Waals surface area contributed by atoms with E-state index in [0.717, 1.165) is 23.5 Å². The zero-order valence-corrected chi connectivity index (χ0v) is 41.7. The van der Waals surface area contributed by atoms with Crippen LogP contribution >= 0.6 is 0 Å². The van der Waals surface area contributed by atoms with Crippen LogP contribution in [0.3, 0.4) is 0 Å². The number of nitrogens with zero attached hydrogens (tertiary/aromatic N) is 1. The van der Waals surface area contributed by atoms with Crippen molar-refractivity contribution in [2.75, 3.05) is 13.3 Å². The van der Waals surface area contributed by atoms with Crippen molar-refractivity contribution in [3.63, 3.8) is 0 Å². The number of carbonyl (C=O) groups excluding carboxylic acids is 8. The first-order chi connectivity index (χ1) is 35.8. The van der Waals surface area contributed by atoms with Crippen LogP contribution in [0.15, 0.2) is 126 Å². The lowest BCUT2D eigenvalue weighted by Gasteiger charge is -2.32. The van der Waals surface area contributed by atoms with Gasteiger partial charge in [-0.05, 0) is 73.6 Å². The number of esters is 3. The third kappa shape index (κ3) is 16.4. The molecule has 0 radical (unpaired) electrons. The SMILES string of the molecule is CCCCC[C@@H](C(=O)NCNC(=O)c1ccc(-c2ccc(C(=O)N[C@@H](CC(=O)OCc3ccccc3)C(=O)OCc3ccccc3)c(OCC(=O)OCc3ccccc3)c2)o1)[C@@H](CC)N(C=O)OC(=O)C1(C)CC1. The Kier molecular flexibility index (Phi) is 20.5. The number of hydroxylamine groups is 2. The zero-order chi connectivity index (χ0) is 52.9. The number of hydrogen-bond acceptors (Lipinski definition) is 14. The van der Waals surface area contributed by atoms with E-state index in [1.807, 2.05) is 19.1 Å². The molecule has 4 amide bonds. The van der Waals surface area contributed by atoms with Crippen LogP contribution in [0, 0.1) is 11.3 Å². The number of carbonyl (C=O) groups is 8. The topological polar surface area (TPSA) is 235 Å². The maximum absolute atomic E-state index is 14.1. The highest BCUT2D eigenvalue weighted by molar-refractivity contribution is 6.00. The second-order valence-electron chi connectivity index (χ2n) is 18.0. The molecule has 74 heavy (non-hydrogen) atoms. The fraction of sp³-hybridized carbons (Fsp3) is 0.357. The van der Waals surface area contributed by atoms with E-state index in [2.05, 4.69) is 16.0 Å². The molecule has 18 heteroatoms. The van der Waals surface area contributed by atoms with E-state index in [1.165, 1.54) is 30.3 Å². The molecule has 390 valence electrons. The molecule has 1 saturated carbocycles. The maximum atomic E-state index is 14.1. The van der Waals surface area contributed by atoms with Gasteiger partial charge in [0.05, 0.1) is 36.0 Å². The lowest BCUT2D eigenvalue weighted by atomic mass is 9.90. The highest BCUT2D eigenvalue weighted by Gasteiger charge is 2.48. The van der Waals surface area contributed by atoms with Crippen LogP contribution in [-0.4, -0.2) is 78.4 Å². The van der Waals surface area contributed by atoms with Crippen molar-refractivity contribution in [1.29, 1.82) is 0 Å². The van der Waals surface area contributed by atoms with Crippen molar-refractivity contribution < 1.29 is 66.6 Å². The van der Waals surface area contributed by atoms with Crippen LogP contribution in [0.4, 0.5) is 0 Å². The minimum absolute atomic E-state index is 0.0429. The molecule has 0 aliphatic heterocycles. The van der Waals surface area contributed by atoms with Gasteiger partial charge in [-0.15, -0.1) is 0 Å². The predicted molar refractivity (Wildman–Crippen MR) is 268 cm³/mol. The number of ether oxygens (including phenoxy) is 4. The Morgan fingerprint density at radius 3 is 1.91 bits per heavy atom. The van der Waals surface area contributed by atoms with E-state index in [4.69, 9.17) is 28.2 Å². The van der Waals surface area contributed by atoms with Crippen molar-refractivity contribution in [3.05, 3.63) is 149 Å². The molecule has 0 bridgehead atoms. The summed E-state index contributed by atoms with van der Waals surface area (Å²) in [4.78, 5) is 111. The van der Waals surface area contributed by atoms with E-state index in [1.54, 1.807) is 92.7 Å². The van der Waals surface area contributed by atoms with Crippen LogP contribution in [-0.2, 0) is 67.6 Å². The van der Waals surface area contributed by atoms with Gasteiger partial charge in [-0.3, -0.25) is 24.0 Å². The molecule has 3 atom stereocenters. The lowest BCUT2D eigenvalue weighted by Crippen LogP contribution is -2.49. The molecular weight excluding hydrogens is 953 g/mol. The molecule has 3 N–H and O–H groups in total. The summed E-state index contributed by atoms with van der Waals surface area (Å²) in [7, 11) is 0. The molecule has 0 unspecified atom stereocenters. The van der Waals surface area contributed by atoms with Crippen LogP contribution < -0.4 is 20.7 Å². The van der Waals surface area contributed by atoms with E-state index < -0.39 is 78.0 Å². The molecule has 5 aromatic rings. The fourth-order valence-electron chi connectivity index (χ4n) is 7.69. The highest BCUT2D eigenvalue weighted by Crippen LogP contribution is 2.46. The normalized spacial score (nSPS) is 13.4. The van der Waals surface area contributed by atoms with Gasteiger partial charge < -0.3 is 44.2 Å². The van der Waals surface area contributed by atoms with Gasteiger partial charge in [0.25, 0.3) is 11.8 Å². The molecule has 18 nitrogen and oxygen atoms in total. The van der Waals surface area contributed by atoms with Crippen LogP contribution in [0.2, 0.25) is 0 Å². The zero-order valence-electron chi connectivity index (χ0n) is 41.7. The summed E-state index contributed by atoms with van der Waals surface area (Å²) in [6.07, 6.45) is 4.26. The Balaban J connectivity index is 1.16. The Morgan fingerprint density at radius 1 is 0.716 bits per heavy atom. The minimum atomic E-state index is -1.51. The minimum Gasteiger partial charge on any atom is -0.481 e. The van der Waals surface area contributed by atoms with E-state index in [9.17, 15) is 38.4 Å². The number of unbranched alkanes of at least 4 members (excludes halogenated alkanes) is 2. The molecule has 4 aromatic carbocycles. The Morgan fingerprint density at radius 2 is 1.32 bits per heavy atom. The third-order valence-corrected chi connectivity index (χ3v) is 12.3.